The zero-order valence-corrected chi connectivity index (χ0v) is 9.78. The first-order chi connectivity index (χ1) is 6.58. The van der Waals surface area contributed by atoms with Crippen molar-refractivity contribution < 1.29 is 0 Å². The Hall–Kier alpha value is -0.870. The van der Waals surface area contributed by atoms with Gasteiger partial charge >= 0.3 is 0 Å². The zero-order chi connectivity index (χ0) is 10.3. The highest BCUT2D eigenvalue weighted by Gasteiger charge is 2.09. The quantitative estimate of drug-likeness (QED) is 0.702. The fourth-order valence-corrected chi connectivity index (χ4v) is 2.35. The highest BCUT2D eigenvalue weighted by atomic mass is 35.5. The maximum Gasteiger partial charge on any atom is 0.227 e. The fourth-order valence-electron chi connectivity index (χ4n) is 1.20. The van der Waals surface area contributed by atoms with Crippen LogP contribution in [0.2, 0.25) is 5.15 Å². The first-order valence-corrected chi connectivity index (χ1v) is 5.38. The van der Waals surface area contributed by atoms with Gasteiger partial charge in [0.2, 0.25) is 5.95 Å². The molecule has 2 aromatic rings. The number of fused-ring (bicyclic) bond motifs is 1. The average Bonchev–Trinajstić information content (AvgIpc) is 2.45. The minimum absolute atomic E-state index is 0.531. The number of hydrogen-bond donors (Lipinski definition) is 0. The molecule has 5 heteroatoms. The van der Waals surface area contributed by atoms with Crippen LogP contribution in [0.4, 0.5) is 5.95 Å². The molecule has 3 nitrogen and oxygen atoms in total. The van der Waals surface area contributed by atoms with Crippen molar-refractivity contribution in [2.24, 2.45) is 0 Å². The third-order valence-corrected chi connectivity index (χ3v) is 3.09. The summed E-state index contributed by atoms with van der Waals surface area (Å²) in [5.74, 6) is 0.657. The van der Waals surface area contributed by atoms with E-state index in [-0.39, 0.29) is 0 Å². The molecule has 0 N–H and O–H groups in total. The lowest BCUT2D eigenvalue weighted by Crippen LogP contribution is -2.12. The van der Waals surface area contributed by atoms with Crippen molar-refractivity contribution in [1.82, 2.24) is 9.97 Å². The Balaban J connectivity index is 2.71. The smallest absolute Gasteiger partial charge is 0.227 e. The summed E-state index contributed by atoms with van der Waals surface area (Å²) in [7, 11) is 3.80. The number of hydrogen-bond acceptors (Lipinski definition) is 4. The molecule has 0 atom stereocenters. The van der Waals surface area contributed by atoms with Gasteiger partial charge in [0.1, 0.15) is 9.98 Å². The molecule has 2 aromatic heterocycles. The number of aryl methyl sites for hydroxylation is 1. The molecule has 0 unspecified atom stereocenters. The SMILES string of the molecule is Cc1cc2c(Cl)nc(N(C)C)nc2s1. The predicted molar refractivity (Wildman–Crippen MR) is 61.5 cm³/mol. The van der Waals surface area contributed by atoms with E-state index in [0.717, 1.165) is 10.2 Å². The van der Waals surface area contributed by atoms with Crippen LogP contribution in [0, 0.1) is 6.92 Å². The average molecular weight is 228 g/mol. The number of rotatable bonds is 1. The predicted octanol–water partition coefficient (Wildman–Crippen LogP) is 2.72. The van der Waals surface area contributed by atoms with E-state index in [1.54, 1.807) is 11.3 Å². The molecule has 0 saturated carbocycles. The van der Waals surface area contributed by atoms with Crippen molar-refractivity contribution in [1.29, 1.82) is 0 Å². The van der Waals surface area contributed by atoms with Gasteiger partial charge in [-0.05, 0) is 13.0 Å². The molecule has 74 valence electrons. The number of aromatic nitrogens is 2. The number of thiophene rings is 1. The van der Waals surface area contributed by atoms with E-state index < -0.39 is 0 Å². The Morgan fingerprint density at radius 2 is 2.07 bits per heavy atom. The maximum atomic E-state index is 6.05. The van der Waals surface area contributed by atoms with Gasteiger partial charge in [-0.25, -0.2) is 9.97 Å². The number of nitrogens with zero attached hydrogens (tertiary/aromatic N) is 3. The van der Waals surface area contributed by atoms with Crippen molar-refractivity contribution in [2.75, 3.05) is 19.0 Å². The Kier molecular flexibility index (Phi) is 2.33. The van der Waals surface area contributed by atoms with Gasteiger partial charge in [0, 0.05) is 24.4 Å². The van der Waals surface area contributed by atoms with Gasteiger partial charge in [0.25, 0.3) is 0 Å². The van der Waals surface area contributed by atoms with E-state index in [0.29, 0.717) is 11.1 Å². The molecule has 0 saturated heterocycles. The van der Waals surface area contributed by atoms with Gasteiger partial charge in [-0.2, -0.15) is 0 Å². The van der Waals surface area contributed by atoms with Crippen molar-refractivity contribution >= 4 is 39.1 Å². The molecule has 2 heterocycles. The van der Waals surface area contributed by atoms with Crippen LogP contribution in [0.25, 0.3) is 10.2 Å². The van der Waals surface area contributed by atoms with Gasteiger partial charge in [-0.3, -0.25) is 0 Å². The molecule has 0 aliphatic rings. The summed E-state index contributed by atoms with van der Waals surface area (Å²) >= 11 is 7.68. The summed E-state index contributed by atoms with van der Waals surface area (Å²) in [5, 5.41) is 1.47. The third kappa shape index (κ3) is 1.55. The topological polar surface area (TPSA) is 29.0 Å². The van der Waals surface area contributed by atoms with Crippen LogP contribution in [0.15, 0.2) is 6.07 Å². The van der Waals surface area contributed by atoms with E-state index >= 15 is 0 Å². The first-order valence-electron chi connectivity index (χ1n) is 4.19. The molecule has 0 aliphatic carbocycles. The lowest BCUT2D eigenvalue weighted by Gasteiger charge is -2.09. The van der Waals surface area contributed by atoms with E-state index in [1.165, 1.54) is 4.88 Å². The molecule has 0 radical (unpaired) electrons. The standard InChI is InChI=1S/C9H10ClN3S/c1-5-4-6-7(10)11-9(13(2)3)12-8(6)14-5/h4H,1-3H3. The van der Waals surface area contributed by atoms with Crippen LogP contribution in [0.3, 0.4) is 0 Å². The molecule has 0 amide bonds. The molecule has 0 fully saturated rings. The molecule has 0 aromatic carbocycles. The van der Waals surface area contributed by atoms with Gasteiger partial charge in [-0.1, -0.05) is 11.6 Å². The van der Waals surface area contributed by atoms with Gasteiger partial charge in [0.15, 0.2) is 0 Å². The highest BCUT2D eigenvalue weighted by Crippen LogP contribution is 2.29. The van der Waals surface area contributed by atoms with Crippen molar-refractivity contribution in [2.45, 2.75) is 6.92 Å². The number of anilines is 1. The molecule has 0 bridgehead atoms. The van der Waals surface area contributed by atoms with Crippen LogP contribution in [0.1, 0.15) is 4.88 Å². The second kappa shape index (κ2) is 3.37. The Labute approximate surface area is 91.4 Å². The van der Waals surface area contributed by atoms with Gasteiger partial charge < -0.3 is 4.90 Å². The molecule has 0 spiro atoms. The Bertz CT molecular complexity index is 478. The van der Waals surface area contributed by atoms with Crippen LogP contribution in [-0.4, -0.2) is 24.1 Å². The highest BCUT2D eigenvalue weighted by molar-refractivity contribution is 7.18. The van der Waals surface area contributed by atoms with Crippen LogP contribution >= 0.6 is 22.9 Å². The lowest BCUT2D eigenvalue weighted by molar-refractivity contribution is 1.02. The third-order valence-electron chi connectivity index (χ3n) is 1.86. The second-order valence-corrected chi connectivity index (χ2v) is 4.88. The van der Waals surface area contributed by atoms with Gasteiger partial charge in [0.05, 0.1) is 0 Å². The fraction of sp³-hybridized carbons (Fsp3) is 0.333. The summed E-state index contributed by atoms with van der Waals surface area (Å²) in [6, 6.07) is 2.02. The summed E-state index contributed by atoms with van der Waals surface area (Å²) < 4.78 is 0. The van der Waals surface area contributed by atoms with E-state index in [4.69, 9.17) is 11.6 Å². The maximum absolute atomic E-state index is 6.05. The van der Waals surface area contributed by atoms with Gasteiger partial charge in [-0.15, -0.1) is 11.3 Å². The minimum atomic E-state index is 0.531. The normalized spacial score (nSPS) is 10.9. The first kappa shape index (κ1) is 9.68. The van der Waals surface area contributed by atoms with Crippen molar-refractivity contribution in [3.8, 4) is 0 Å². The molecular formula is C9H10ClN3S. The second-order valence-electron chi connectivity index (χ2n) is 3.28. The summed E-state index contributed by atoms with van der Waals surface area (Å²) in [5.41, 5.74) is 0. The Morgan fingerprint density at radius 1 is 1.36 bits per heavy atom. The van der Waals surface area contributed by atoms with E-state index in [2.05, 4.69) is 9.97 Å². The largest absolute Gasteiger partial charge is 0.347 e. The summed E-state index contributed by atoms with van der Waals surface area (Å²) in [6.45, 7) is 2.04. The zero-order valence-electron chi connectivity index (χ0n) is 8.21. The van der Waals surface area contributed by atoms with Crippen LogP contribution < -0.4 is 4.90 Å². The molecule has 0 aliphatic heterocycles. The summed E-state index contributed by atoms with van der Waals surface area (Å²) in [6.07, 6.45) is 0. The monoisotopic (exact) mass is 227 g/mol. The van der Waals surface area contributed by atoms with E-state index in [1.807, 2.05) is 32.0 Å². The van der Waals surface area contributed by atoms with Crippen molar-refractivity contribution in [3.05, 3.63) is 16.1 Å². The number of halogens is 1. The summed E-state index contributed by atoms with van der Waals surface area (Å²) in [4.78, 5) is 12.6. The molecular weight excluding hydrogens is 218 g/mol. The molecule has 2 rings (SSSR count). The lowest BCUT2D eigenvalue weighted by atomic mass is 10.4. The van der Waals surface area contributed by atoms with Crippen LogP contribution in [0.5, 0.6) is 0 Å². The van der Waals surface area contributed by atoms with E-state index in [9.17, 15) is 0 Å². The van der Waals surface area contributed by atoms with Crippen molar-refractivity contribution in [3.63, 3.8) is 0 Å². The minimum Gasteiger partial charge on any atom is -0.347 e. The molecule has 14 heavy (non-hydrogen) atoms. The Morgan fingerprint density at radius 3 is 2.71 bits per heavy atom. The van der Waals surface area contributed by atoms with Crippen LogP contribution in [-0.2, 0) is 0 Å².